The molecule has 8 heteroatoms. The summed E-state index contributed by atoms with van der Waals surface area (Å²) in [5.41, 5.74) is -0.483. The lowest BCUT2D eigenvalue weighted by atomic mass is 10.1. The number of aromatic nitrogens is 2. The van der Waals surface area contributed by atoms with Crippen molar-refractivity contribution in [2.45, 2.75) is 19.1 Å². The first-order chi connectivity index (χ1) is 11.4. The summed E-state index contributed by atoms with van der Waals surface area (Å²) in [5.74, 6) is -0.667. The Hall–Kier alpha value is -2.51. The first-order valence-corrected chi connectivity index (χ1v) is 7.59. The molecule has 1 aliphatic rings. The fourth-order valence-corrected chi connectivity index (χ4v) is 2.97. The van der Waals surface area contributed by atoms with Gasteiger partial charge >= 0.3 is 6.18 Å². The average Bonchev–Trinajstić information content (AvgIpc) is 3.05. The number of H-pyrrole nitrogens is 1. The van der Waals surface area contributed by atoms with Crippen molar-refractivity contribution < 1.29 is 18.0 Å². The van der Waals surface area contributed by atoms with Crippen LogP contribution in [-0.4, -0.2) is 46.7 Å². The zero-order valence-corrected chi connectivity index (χ0v) is 13.0. The molecule has 0 aliphatic carbocycles. The van der Waals surface area contributed by atoms with Gasteiger partial charge in [-0.25, -0.2) is 0 Å². The molecule has 1 saturated heterocycles. The smallest absolute Gasteiger partial charge is 0.365 e. The molecular weight excluding hydrogens is 321 g/mol. The number of nitrogens with zero attached hydrogens (tertiary/aromatic N) is 3. The maximum atomic E-state index is 12.9. The summed E-state index contributed by atoms with van der Waals surface area (Å²) in [4.78, 5) is 16.0. The van der Waals surface area contributed by atoms with Crippen LogP contribution in [-0.2, 0) is 6.18 Å². The maximum Gasteiger partial charge on any atom is 0.420 e. The average molecular weight is 338 g/mol. The SMILES string of the molecule is CC1CN(C(=O)c2[nH]ncc2C(F)(F)F)CCN1c1ccccc1. The summed E-state index contributed by atoms with van der Waals surface area (Å²) in [6.07, 6.45) is -3.95. The molecule has 1 aromatic heterocycles. The number of hydrogen-bond donors (Lipinski definition) is 1. The standard InChI is InChI=1S/C16H17F3N4O/c1-11-10-22(7-8-23(11)12-5-3-2-4-6-12)15(24)14-13(9-20-21-14)16(17,18)19/h2-6,9,11H,7-8,10H2,1H3,(H,20,21). The van der Waals surface area contributed by atoms with Crippen LogP contribution in [0.4, 0.5) is 18.9 Å². The summed E-state index contributed by atoms with van der Waals surface area (Å²) < 4.78 is 38.8. The van der Waals surface area contributed by atoms with E-state index in [4.69, 9.17) is 0 Å². The minimum absolute atomic E-state index is 0.00218. The van der Waals surface area contributed by atoms with Gasteiger partial charge in [0.2, 0.25) is 0 Å². The van der Waals surface area contributed by atoms with Gasteiger partial charge in [-0.15, -0.1) is 0 Å². The van der Waals surface area contributed by atoms with Crippen molar-refractivity contribution in [3.8, 4) is 0 Å². The van der Waals surface area contributed by atoms with Gasteiger partial charge < -0.3 is 9.80 Å². The van der Waals surface area contributed by atoms with E-state index in [1.807, 2.05) is 37.3 Å². The van der Waals surface area contributed by atoms with Crippen LogP contribution < -0.4 is 4.90 Å². The number of aromatic amines is 1. The van der Waals surface area contributed by atoms with E-state index in [0.29, 0.717) is 25.8 Å². The summed E-state index contributed by atoms with van der Waals surface area (Å²) in [6, 6.07) is 9.74. The van der Waals surface area contributed by atoms with Crippen LogP contribution in [0.25, 0.3) is 0 Å². The van der Waals surface area contributed by atoms with Crippen LogP contribution in [0.15, 0.2) is 36.5 Å². The van der Waals surface area contributed by atoms with Gasteiger partial charge in [0, 0.05) is 31.4 Å². The Labute approximate surface area is 137 Å². The van der Waals surface area contributed by atoms with E-state index in [0.717, 1.165) is 5.69 Å². The monoisotopic (exact) mass is 338 g/mol. The minimum Gasteiger partial charge on any atom is -0.365 e. The lowest BCUT2D eigenvalue weighted by molar-refractivity contribution is -0.138. The van der Waals surface area contributed by atoms with E-state index >= 15 is 0 Å². The van der Waals surface area contributed by atoms with Crippen molar-refractivity contribution in [3.63, 3.8) is 0 Å². The second kappa shape index (κ2) is 6.18. The Morgan fingerprint density at radius 2 is 1.96 bits per heavy atom. The highest BCUT2D eigenvalue weighted by atomic mass is 19.4. The molecule has 0 saturated carbocycles. The molecule has 0 radical (unpaired) electrons. The fraction of sp³-hybridized carbons (Fsp3) is 0.375. The van der Waals surface area contributed by atoms with Crippen molar-refractivity contribution in [2.75, 3.05) is 24.5 Å². The van der Waals surface area contributed by atoms with E-state index < -0.39 is 23.3 Å². The van der Waals surface area contributed by atoms with Crippen molar-refractivity contribution in [3.05, 3.63) is 47.8 Å². The molecule has 1 unspecified atom stereocenters. The predicted molar refractivity (Wildman–Crippen MR) is 82.7 cm³/mol. The number of alkyl halides is 3. The number of amides is 1. The zero-order valence-electron chi connectivity index (χ0n) is 13.0. The third kappa shape index (κ3) is 3.08. The van der Waals surface area contributed by atoms with Gasteiger partial charge in [-0.2, -0.15) is 18.3 Å². The topological polar surface area (TPSA) is 52.2 Å². The van der Waals surface area contributed by atoms with Crippen LogP contribution in [0.1, 0.15) is 23.0 Å². The number of carbonyl (C=O) groups excluding carboxylic acids is 1. The first kappa shape index (κ1) is 16.4. The van der Waals surface area contributed by atoms with Crippen LogP contribution in [0, 0.1) is 0 Å². The molecule has 3 rings (SSSR count). The number of benzene rings is 1. The molecule has 1 atom stereocenters. The number of rotatable bonds is 2. The highest BCUT2D eigenvalue weighted by Crippen LogP contribution is 2.31. The number of nitrogens with one attached hydrogen (secondary N) is 1. The van der Waals surface area contributed by atoms with Crippen molar-refractivity contribution in [1.82, 2.24) is 15.1 Å². The van der Waals surface area contributed by atoms with Crippen LogP contribution >= 0.6 is 0 Å². The normalized spacial score (nSPS) is 18.8. The highest BCUT2D eigenvalue weighted by molar-refractivity contribution is 5.94. The largest absolute Gasteiger partial charge is 0.420 e. The highest BCUT2D eigenvalue weighted by Gasteiger charge is 2.39. The summed E-state index contributed by atoms with van der Waals surface area (Å²) in [5, 5.41) is 5.58. The lowest BCUT2D eigenvalue weighted by Crippen LogP contribution is -2.54. The van der Waals surface area contributed by atoms with Gasteiger partial charge in [-0.3, -0.25) is 9.89 Å². The summed E-state index contributed by atoms with van der Waals surface area (Å²) >= 11 is 0. The number of hydrogen-bond acceptors (Lipinski definition) is 3. The number of para-hydroxylation sites is 1. The molecule has 5 nitrogen and oxygen atoms in total. The Morgan fingerprint density at radius 3 is 2.58 bits per heavy atom. The molecule has 1 fully saturated rings. The lowest BCUT2D eigenvalue weighted by Gasteiger charge is -2.41. The Balaban J connectivity index is 1.74. The van der Waals surface area contributed by atoms with Gasteiger partial charge in [-0.1, -0.05) is 18.2 Å². The van der Waals surface area contributed by atoms with Gasteiger partial charge in [0.1, 0.15) is 11.3 Å². The Kier molecular flexibility index (Phi) is 4.21. The number of carbonyl (C=O) groups is 1. The van der Waals surface area contributed by atoms with Gasteiger partial charge in [0.05, 0.1) is 6.20 Å². The molecule has 128 valence electrons. The molecule has 1 N–H and O–H groups in total. The first-order valence-electron chi connectivity index (χ1n) is 7.59. The molecule has 0 spiro atoms. The van der Waals surface area contributed by atoms with Crippen LogP contribution in [0.3, 0.4) is 0 Å². The Morgan fingerprint density at radius 1 is 1.25 bits per heavy atom. The fourth-order valence-electron chi connectivity index (χ4n) is 2.97. The number of halogens is 3. The van der Waals surface area contributed by atoms with Gasteiger partial charge in [0.25, 0.3) is 5.91 Å². The Bertz CT molecular complexity index is 714. The van der Waals surface area contributed by atoms with E-state index in [1.54, 1.807) is 0 Å². The number of piperazine rings is 1. The van der Waals surface area contributed by atoms with Crippen LogP contribution in [0.2, 0.25) is 0 Å². The van der Waals surface area contributed by atoms with Gasteiger partial charge in [0.15, 0.2) is 0 Å². The molecule has 1 aromatic carbocycles. The van der Waals surface area contributed by atoms with Crippen molar-refractivity contribution in [1.29, 1.82) is 0 Å². The van der Waals surface area contributed by atoms with Crippen molar-refractivity contribution >= 4 is 11.6 Å². The maximum absolute atomic E-state index is 12.9. The molecule has 1 aliphatic heterocycles. The molecule has 0 bridgehead atoms. The molecule has 1 amide bonds. The van der Waals surface area contributed by atoms with E-state index in [9.17, 15) is 18.0 Å². The number of anilines is 1. The molecule has 24 heavy (non-hydrogen) atoms. The zero-order chi connectivity index (χ0) is 17.3. The third-order valence-corrected chi connectivity index (χ3v) is 4.16. The van der Waals surface area contributed by atoms with E-state index in [-0.39, 0.29) is 6.04 Å². The van der Waals surface area contributed by atoms with Crippen LogP contribution in [0.5, 0.6) is 0 Å². The minimum atomic E-state index is -4.60. The molecular formula is C16H17F3N4O. The van der Waals surface area contributed by atoms with Gasteiger partial charge in [-0.05, 0) is 19.1 Å². The summed E-state index contributed by atoms with van der Waals surface area (Å²) in [7, 11) is 0. The summed E-state index contributed by atoms with van der Waals surface area (Å²) in [6.45, 7) is 3.22. The molecule has 2 aromatic rings. The predicted octanol–water partition coefficient (Wildman–Crippen LogP) is 2.78. The van der Waals surface area contributed by atoms with E-state index in [1.165, 1.54) is 4.90 Å². The third-order valence-electron chi connectivity index (χ3n) is 4.16. The molecule has 2 heterocycles. The van der Waals surface area contributed by atoms with Crippen molar-refractivity contribution in [2.24, 2.45) is 0 Å². The quantitative estimate of drug-likeness (QED) is 0.916. The second-order valence-corrected chi connectivity index (χ2v) is 5.79. The second-order valence-electron chi connectivity index (χ2n) is 5.79. The van der Waals surface area contributed by atoms with E-state index in [2.05, 4.69) is 15.1 Å².